The number of benzene rings is 1. The molecule has 5 nitrogen and oxygen atoms in total. The minimum Gasteiger partial charge on any atom is -0.491 e. The minimum atomic E-state index is -0.258. The summed E-state index contributed by atoms with van der Waals surface area (Å²) in [5.41, 5.74) is 1.04. The predicted octanol–water partition coefficient (Wildman–Crippen LogP) is 0.225. The summed E-state index contributed by atoms with van der Waals surface area (Å²) in [6, 6.07) is 7.47. The normalized spacial score (nSPS) is 26.2. The molecule has 0 spiro atoms. The molecule has 1 aromatic rings. The first kappa shape index (κ1) is 11.5. The Morgan fingerprint density at radius 3 is 3.06 bits per heavy atom. The average Bonchev–Trinajstić information content (AvgIpc) is 2.83. The van der Waals surface area contributed by atoms with Crippen molar-refractivity contribution < 1.29 is 14.3 Å². The maximum atomic E-state index is 12.1. The smallest absolute Gasteiger partial charge is 0.240 e. The van der Waals surface area contributed by atoms with E-state index in [1.807, 2.05) is 24.3 Å². The zero-order valence-electron chi connectivity index (χ0n) is 10.0. The first-order chi connectivity index (χ1) is 8.84. The summed E-state index contributed by atoms with van der Waals surface area (Å²) in [4.78, 5) is 12.1. The molecule has 2 N–H and O–H groups in total. The van der Waals surface area contributed by atoms with E-state index in [2.05, 4.69) is 10.6 Å². The van der Waals surface area contributed by atoms with Crippen LogP contribution < -0.4 is 15.4 Å². The molecule has 0 radical (unpaired) electrons. The minimum absolute atomic E-state index is 0.0278. The number of hydrogen-bond acceptors (Lipinski definition) is 4. The highest BCUT2D eigenvalue weighted by atomic mass is 16.5. The molecule has 3 rings (SSSR count). The van der Waals surface area contributed by atoms with Gasteiger partial charge in [-0.05, 0) is 6.07 Å². The molecule has 0 saturated carbocycles. The fraction of sp³-hybridized carbons (Fsp3) is 0.462. The van der Waals surface area contributed by atoms with Crippen LogP contribution in [0.1, 0.15) is 11.6 Å². The highest BCUT2D eigenvalue weighted by Gasteiger charge is 2.28. The van der Waals surface area contributed by atoms with Crippen LogP contribution in [0.5, 0.6) is 5.75 Å². The molecule has 2 unspecified atom stereocenters. The fourth-order valence-corrected chi connectivity index (χ4v) is 2.29. The Labute approximate surface area is 105 Å². The molecule has 0 bridgehead atoms. The molecule has 2 heterocycles. The molecule has 96 valence electrons. The third-order valence-corrected chi connectivity index (χ3v) is 3.25. The van der Waals surface area contributed by atoms with E-state index in [0.717, 1.165) is 17.9 Å². The number of para-hydroxylation sites is 1. The molecule has 5 heteroatoms. The van der Waals surface area contributed by atoms with Crippen LogP contribution in [-0.4, -0.2) is 38.3 Å². The molecular formula is C13H16N2O3. The lowest BCUT2D eigenvalue weighted by Gasteiger charge is -2.24. The highest BCUT2D eigenvalue weighted by Crippen LogP contribution is 2.31. The van der Waals surface area contributed by atoms with Crippen molar-refractivity contribution in [2.75, 3.05) is 26.4 Å². The second kappa shape index (κ2) is 4.96. The van der Waals surface area contributed by atoms with Crippen LogP contribution in [0.15, 0.2) is 24.3 Å². The molecule has 0 aromatic heterocycles. The van der Waals surface area contributed by atoms with Crippen molar-refractivity contribution in [3.63, 3.8) is 0 Å². The number of nitrogens with one attached hydrogen (secondary N) is 2. The van der Waals surface area contributed by atoms with Crippen molar-refractivity contribution in [3.05, 3.63) is 29.8 Å². The van der Waals surface area contributed by atoms with E-state index in [-0.39, 0.29) is 18.0 Å². The van der Waals surface area contributed by atoms with Gasteiger partial charge in [-0.25, -0.2) is 0 Å². The van der Waals surface area contributed by atoms with Crippen molar-refractivity contribution >= 4 is 5.91 Å². The standard InChI is InChI=1S/C13H16N2O3/c16-13(11-7-17-6-5-14-11)15-10-8-18-12-4-2-1-3-9(10)12/h1-4,10-11,14H,5-8H2,(H,15,16). The molecule has 1 amide bonds. The Hall–Kier alpha value is -1.59. The summed E-state index contributed by atoms with van der Waals surface area (Å²) in [7, 11) is 0. The maximum Gasteiger partial charge on any atom is 0.240 e. The van der Waals surface area contributed by atoms with Gasteiger partial charge < -0.3 is 20.1 Å². The summed E-state index contributed by atoms with van der Waals surface area (Å²) in [6.07, 6.45) is 0. The Morgan fingerprint density at radius 1 is 1.33 bits per heavy atom. The average molecular weight is 248 g/mol. The largest absolute Gasteiger partial charge is 0.491 e. The summed E-state index contributed by atoms with van der Waals surface area (Å²) in [5, 5.41) is 6.14. The van der Waals surface area contributed by atoms with Crippen LogP contribution in [0.2, 0.25) is 0 Å². The van der Waals surface area contributed by atoms with Gasteiger partial charge in [0.1, 0.15) is 18.4 Å². The number of ether oxygens (including phenoxy) is 2. The van der Waals surface area contributed by atoms with Gasteiger partial charge in [-0.2, -0.15) is 0 Å². The van der Waals surface area contributed by atoms with E-state index in [1.54, 1.807) is 0 Å². The van der Waals surface area contributed by atoms with Gasteiger partial charge in [0.2, 0.25) is 5.91 Å². The third kappa shape index (κ3) is 2.19. The SMILES string of the molecule is O=C(NC1COc2ccccc21)C1COCCN1. The molecule has 2 aliphatic heterocycles. The van der Waals surface area contributed by atoms with Crippen LogP contribution in [0.25, 0.3) is 0 Å². The van der Waals surface area contributed by atoms with Crippen molar-refractivity contribution in [3.8, 4) is 5.75 Å². The van der Waals surface area contributed by atoms with Crippen molar-refractivity contribution in [2.45, 2.75) is 12.1 Å². The maximum absolute atomic E-state index is 12.1. The number of rotatable bonds is 2. The Bertz CT molecular complexity index is 444. The summed E-state index contributed by atoms with van der Waals surface area (Å²) in [5.74, 6) is 0.829. The van der Waals surface area contributed by atoms with Gasteiger partial charge in [0.25, 0.3) is 0 Å². The molecule has 2 atom stereocenters. The van der Waals surface area contributed by atoms with Gasteiger partial charge >= 0.3 is 0 Å². The van der Waals surface area contributed by atoms with Gasteiger partial charge in [-0.3, -0.25) is 4.79 Å². The molecule has 1 fully saturated rings. The van der Waals surface area contributed by atoms with E-state index in [0.29, 0.717) is 19.8 Å². The van der Waals surface area contributed by atoms with Gasteiger partial charge in [-0.1, -0.05) is 18.2 Å². The zero-order chi connectivity index (χ0) is 12.4. The molecule has 1 aromatic carbocycles. The van der Waals surface area contributed by atoms with E-state index >= 15 is 0 Å². The monoisotopic (exact) mass is 248 g/mol. The second-order valence-electron chi connectivity index (χ2n) is 4.49. The Kier molecular flexibility index (Phi) is 3.17. The third-order valence-electron chi connectivity index (χ3n) is 3.25. The lowest BCUT2D eigenvalue weighted by atomic mass is 10.1. The van der Waals surface area contributed by atoms with Crippen LogP contribution in [0.4, 0.5) is 0 Å². The molecule has 18 heavy (non-hydrogen) atoms. The van der Waals surface area contributed by atoms with Gasteiger partial charge in [0, 0.05) is 12.1 Å². The fourth-order valence-electron chi connectivity index (χ4n) is 2.29. The van der Waals surface area contributed by atoms with E-state index in [4.69, 9.17) is 9.47 Å². The van der Waals surface area contributed by atoms with E-state index < -0.39 is 0 Å². The first-order valence-electron chi connectivity index (χ1n) is 6.18. The second-order valence-corrected chi connectivity index (χ2v) is 4.49. The van der Waals surface area contributed by atoms with Crippen LogP contribution >= 0.6 is 0 Å². The number of carbonyl (C=O) groups excluding carboxylic acids is 1. The highest BCUT2D eigenvalue weighted by molar-refractivity contribution is 5.82. The molecule has 0 aliphatic carbocycles. The van der Waals surface area contributed by atoms with Gasteiger partial charge in [0.15, 0.2) is 0 Å². The van der Waals surface area contributed by atoms with Gasteiger partial charge in [0.05, 0.1) is 19.3 Å². The predicted molar refractivity (Wildman–Crippen MR) is 65.4 cm³/mol. The summed E-state index contributed by atoms with van der Waals surface area (Å²) >= 11 is 0. The number of fused-ring (bicyclic) bond motifs is 1. The molecule has 1 saturated heterocycles. The van der Waals surface area contributed by atoms with Crippen LogP contribution in [0.3, 0.4) is 0 Å². The number of morpholine rings is 1. The number of hydrogen-bond donors (Lipinski definition) is 2. The Morgan fingerprint density at radius 2 is 2.22 bits per heavy atom. The van der Waals surface area contributed by atoms with Crippen molar-refractivity contribution in [1.29, 1.82) is 0 Å². The van der Waals surface area contributed by atoms with Crippen LogP contribution in [0, 0.1) is 0 Å². The number of amides is 1. The topological polar surface area (TPSA) is 59.6 Å². The molecule has 2 aliphatic rings. The summed E-state index contributed by atoms with van der Waals surface area (Å²) < 4.78 is 10.8. The molecular weight excluding hydrogens is 232 g/mol. The lowest BCUT2D eigenvalue weighted by Crippen LogP contribution is -2.52. The van der Waals surface area contributed by atoms with Crippen molar-refractivity contribution in [1.82, 2.24) is 10.6 Å². The number of carbonyl (C=O) groups is 1. The van der Waals surface area contributed by atoms with Crippen molar-refractivity contribution in [2.24, 2.45) is 0 Å². The zero-order valence-corrected chi connectivity index (χ0v) is 10.0. The van der Waals surface area contributed by atoms with E-state index in [9.17, 15) is 4.79 Å². The summed E-state index contributed by atoms with van der Waals surface area (Å²) in [6.45, 7) is 2.31. The lowest BCUT2D eigenvalue weighted by molar-refractivity contribution is -0.126. The van der Waals surface area contributed by atoms with Crippen LogP contribution in [-0.2, 0) is 9.53 Å². The first-order valence-corrected chi connectivity index (χ1v) is 6.18. The van der Waals surface area contributed by atoms with Gasteiger partial charge in [-0.15, -0.1) is 0 Å². The van der Waals surface area contributed by atoms with E-state index in [1.165, 1.54) is 0 Å². The Balaban J connectivity index is 1.65. The quantitative estimate of drug-likeness (QED) is 0.786.